The maximum Gasteiger partial charge on any atom is 0.308 e. The van der Waals surface area contributed by atoms with Gasteiger partial charge < -0.3 is 10.0 Å². The van der Waals surface area contributed by atoms with Crippen LogP contribution >= 0.6 is 0 Å². The predicted octanol–water partition coefficient (Wildman–Crippen LogP) is 3.04. The molecule has 1 saturated heterocycles. The van der Waals surface area contributed by atoms with Crippen molar-refractivity contribution in [2.24, 2.45) is 5.92 Å². The first-order valence-electron chi connectivity index (χ1n) is 9.23. The second-order valence-electron chi connectivity index (χ2n) is 7.22. The lowest BCUT2D eigenvalue weighted by atomic mass is 9.89. The highest BCUT2D eigenvalue weighted by Gasteiger charge is 2.36. The summed E-state index contributed by atoms with van der Waals surface area (Å²) in [5.74, 6) is -1.49. The van der Waals surface area contributed by atoms with Crippen molar-refractivity contribution in [1.29, 1.82) is 0 Å². The number of carboxylic acid groups (broad SMARTS) is 1. The minimum absolute atomic E-state index is 0.136. The Hall–Kier alpha value is -2.44. The normalized spacial score (nSPS) is 21.8. The number of pyridine rings is 1. The number of aryl methyl sites for hydroxylation is 1. The van der Waals surface area contributed by atoms with E-state index >= 15 is 0 Å². The lowest BCUT2D eigenvalue weighted by molar-refractivity contribution is -0.144. The van der Waals surface area contributed by atoms with Crippen LogP contribution in [-0.4, -0.2) is 49.2 Å². The lowest BCUT2D eigenvalue weighted by Gasteiger charge is -2.37. The third kappa shape index (κ3) is 3.06. The van der Waals surface area contributed by atoms with Crippen LogP contribution < -0.4 is 0 Å². The number of carbonyl (C=O) groups excluding carboxylic acids is 1. The molecule has 26 heavy (non-hydrogen) atoms. The molecule has 0 spiro atoms. The molecule has 2 aromatic rings. The molecule has 0 radical (unpaired) electrons. The Kier molecular flexibility index (Phi) is 4.98. The van der Waals surface area contributed by atoms with E-state index in [0.29, 0.717) is 30.6 Å². The van der Waals surface area contributed by atoms with Crippen molar-refractivity contribution in [1.82, 2.24) is 19.7 Å². The van der Waals surface area contributed by atoms with Crippen LogP contribution in [0, 0.1) is 12.8 Å². The number of fused-ring (bicyclic) bond motifs is 1. The van der Waals surface area contributed by atoms with Gasteiger partial charge in [0.15, 0.2) is 5.65 Å². The molecule has 3 heterocycles. The smallest absolute Gasteiger partial charge is 0.308 e. The number of rotatable bonds is 4. The number of amides is 1. The quantitative estimate of drug-likeness (QED) is 0.907. The Balaban J connectivity index is 2.03. The molecule has 0 bridgehead atoms. The summed E-state index contributed by atoms with van der Waals surface area (Å²) in [5.41, 5.74) is 2.02. The van der Waals surface area contributed by atoms with E-state index in [-0.39, 0.29) is 18.0 Å². The zero-order chi connectivity index (χ0) is 19.0. The van der Waals surface area contributed by atoms with Crippen molar-refractivity contribution >= 4 is 22.9 Å². The Bertz CT molecular complexity index is 845. The number of nitrogens with zero attached hydrogens (tertiary/aromatic N) is 4. The Morgan fingerprint density at radius 3 is 2.81 bits per heavy atom. The van der Waals surface area contributed by atoms with Crippen LogP contribution in [0.4, 0.5) is 0 Å². The van der Waals surface area contributed by atoms with Crippen LogP contribution in [0.3, 0.4) is 0 Å². The van der Waals surface area contributed by atoms with E-state index < -0.39 is 11.9 Å². The lowest BCUT2D eigenvalue weighted by Crippen LogP contribution is -2.49. The molecule has 3 rings (SSSR count). The molecule has 7 nitrogen and oxygen atoms in total. The number of hydrogen-bond donors (Lipinski definition) is 1. The van der Waals surface area contributed by atoms with Gasteiger partial charge in [0.25, 0.3) is 5.91 Å². The molecule has 0 saturated carbocycles. The number of likely N-dealkylation sites (tertiary alicyclic amines) is 1. The van der Waals surface area contributed by atoms with Gasteiger partial charge in [-0.25, -0.2) is 9.67 Å². The van der Waals surface area contributed by atoms with E-state index in [9.17, 15) is 14.7 Å². The van der Waals surface area contributed by atoms with Crippen molar-refractivity contribution in [2.45, 2.75) is 59.0 Å². The maximum absolute atomic E-state index is 13.3. The predicted molar refractivity (Wildman–Crippen MR) is 98.1 cm³/mol. The van der Waals surface area contributed by atoms with Gasteiger partial charge in [0.05, 0.1) is 29.1 Å². The SMILES string of the molecule is CCC(C)n1ncc2c(C(=O)N3CCC[C@H](C(=O)O)[C@@H]3C)cc(C)nc21. The summed E-state index contributed by atoms with van der Waals surface area (Å²) in [6.07, 6.45) is 3.92. The first-order valence-corrected chi connectivity index (χ1v) is 9.23. The Morgan fingerprint density at radius 1 is 1.42 bits per heavy atom. The van der Waals surface area contributed by atoms with E-state index in [1.165, 1.54) is 0 Å². The van der Waals surface area contributed by atoms with E-state index in [4.69, 9.17) is 0 Å². The molecule has 0 aromatic carbocycles. The summed E-state index contributed by atoms with van der Waals surface area (Å²) in [4.78, 5) is 31.0. The summed E-state index contributed by atoms with van der Waals surface area (Å²) in [7, 11) is 0. The molecule has 1 fully saturated rings. The van der Waals surface area contributed by atoms with Crippen LogP contribution in [0.1, 0.15) is 62.1 Å². The highest BCUT2D eigenvalue weighted by molar-refractivity contribution is 6.05. The number of carboxylic acids is 1. The van der Waals surface area contributed by atoms with Gasteiger partial charge in [-0.2, -0.15) is 5.10 Å². The fourth-order valence-electron chi connectivity index (χ4n) is 3.73. The Morgan fingerprint density at radius 2 is 2.15 bits per heavy atom. The van der Waals surface area contributed by atoms with Crippen molar-refractivity contribution in [2.75, 3.05) is 6.54 Å². The number of piperidine rings is 1. The third-order valence-corrected chi connectivity index (χ3v) is 5.50. The van der Waals surface area contributed by atoms with Gasteiger partial charge in [0.2, 0.25) is 0 Å². The zero-order valence-electron chi connectivity index (χ0n) is 15.8. The van der Waals surface area contributed by atoms with Crippen molar-refractivity contribution in [3.8, 4) is 0 Å². The molecule has 1 unspecified atom stereocenters. The first kappa shape index (κ1) is 18.4. The summed E-state index contributed by atoms with van der Waals surface area (Å²) in [6.45, 7) is 8.42. The average Bonchev–Trinajstić information content (AvgIpc) is 3.03. The fourth-order valence-corrected chi connectivity index (χ4v) is 3.73. The van der Waals surface area contributed by atoms with Crippen molar-refractivity contribution < 1.29 is 14.7 Å². The molecule has 1 amide bonds. The van der Waals surface area contributed by atoms with Gasteiger partial charge in [-0.15, -0.1) is 0 Å². The van der Waals surface area contributed by atoms with E-state index in [0.717, 1.165) is 17.5 Å². The first-order chi connectivity index (χ1) is 12.3. The molecular weight excluding hydrogens is 332 g/mol. The maximum atomic E-state index is 13.3. The summed E-state index contributed by atoms with van der Waals surface area (Å²) < 4.78 is 1.86. The summed E-state index contributed by atoms with van der Waals surface area (Å²) >= 11 is 0. The summed E-state index contributed by atoms with van der Waals surface area (Å²) in [6, 6.07) is 1.64. The van der Waals surface area contributed by atoms with Gasteiger partial charge in [0, 0.05) is 18.3 Å². The van der Waals surface area contributed by atoms with Gasteiger partial charge in [-0.05, 0) is 46.1 Å². The number of hydrogen-bond acceptors (Lipinski definition) is 4. The molecule has 1 aliphatic heterocycles. The van der Waals surface area contributed by atoms with Gasteiger partial charge >= 0.3 is 5.97 Å². The van der Waals surface area contributed by atoms with Crippen LogP contribution in [0.2, 0.25) is 0 Å². The second-order valence-corrected chi connectivity index (χ2v) is 7.22. The largest absolute Gasteiger partial charge is 0.481 e. The number of carbonyl (C=O) groups is 2. The molecular formula is C19H26N4O3. The fraction of sp³-hybridized carbons (Fsp3) is 0.579. The Labute approximate surface area is 153 Å². The van der Waals surface area contributed by atoms with Crippen molar-refractivity contribution in [3.05, 3.63) is 23.5 Å². The topological polar surface area (TPSA) is 88.3 Å². The van der Waals surface area contributed by atoms with E-state index in [1.54, 1.807) is 17.2 Å². The molecule has 0 aliphatic carbocycles. The van der Waals surface area contributed by atoms with Crippen LogP contribution in [0.5, 0.6) is 0 Å². The molecule has 7 heteroatoms. The minimum atomic E-state index is -0.837. The standard InChI is InChI=1S/C19H26N4O3/c1-5-12(3)23-17-16(10-20-23)15(9-11(2)21-17)18(24)22-8-6-7-14(13(22)4)19(25)26/h9-10,12-14H,5-8H2,1-4H3,(H,25,26)/t12?,13-,14-/m0/s1. The van der Waals surface area contributed by atoms with Crippen molar-refractivity contribution in [3.63, 3.8) is 0 Å². The highest BCUT2D eigenvalue weighted by Crippen LogP contribution is 2.28. The zero-order valence-corrected chi connectivity index (χ0v) is 15.8. The van der Waals surface area contributed by atoms with Crippen LogP contribution in [0.15, 0.2) is 12.3 Å². The molecule has 3 atom stereocenters. The molecule has 1 aliphatic rings. The van der Waals surface area contributed by atoms with Gasteiger partial charge in [0.1, 0.15) is 0 Å². The third-order valence-electron chi connectivity index (χ3n) is 5.50. The van der Waals surface area contributed by atoms with Crippen LogP contribution in [0.25, 0.3) is 11.0 Å². The highest BCUT2D eigenvalue weighted by atomic mass is 16.4. The number of aliphatic carboxylic acids is 1. The van der Waals surface area contributed by atoms with Gasteiger partial charge in [-0.1, -0.05) is 6.92 Å². The molecule has 2 aromatic heterocycles. The monoisotopic (exact) mass is 358 g/mol. The van der Waals surface area contributed by atoms with E-state index in [2.05, 4.69) is 23.9 Å². The molecule has 140 valence electrons. The summed E-state index contributed by atoms with van der Waals surface area (Å²) in [5, 5.41) is 14.6. The molecule has 1 N–H and O–H groups in total. The minimum Gasteiger partial charge on any atom is -0.481 e. The van der Waals surface area contributed by atoms with Crippen LogP contribution in [-0.2, 0) is 4.79 Å². The second kappa shape index (κ2) is 7.05. The van der Waals surface area contributed by atoms with Gasteiger partial charge in [-0.3, -0.25) is 9.59 Å². The number of aromatic nitrogens is 3. The van der Waals surface area contributed by atoms with E-state index in [1.807, 2.05) is 18.5 Å². The average molecular weight is 358 g/mol.